The number of nitrogens with one attached hydrogen (secondary N) is 1. The molecule has 0 aliphatic rings. The van der Waals surface area contributed by atoms with E-state index in [1.807, 2.05) is 43.4 Å². The molecule has 0 saturated heterocycles. The van der Waals surface area contributed by atoms with Crippen molar-refractivity contribution in [1.29, 1.82) is 0 Å². The largest absolute Gasteiger partial charge is 0.309 e. The highest BCUT2D eigenvalue weighted by molar-refractivity contribution is 14.1. The summed E-state index contributed by atoms with van der Waals surface area (Å²) in [4.78, 5) is 0. The van der Waals surface area contributed by atoms with Crippen molar-refractivity contribution in [2.75, 3.05) is 7.05 Å². The number of hydrogen-bond donors (Lipinski definition) is 1. The van der Waals surface area contributed by atoms with E-state index < -0.39 is 0 Å². The van der Waals surface area contributed by atoms with Crippen molar-refractivity contribution in [2.24, 2.45) is 0 Å². The molecule has 2 aromatic carbocycles. The van der Waals surface area contributed by atoms with Crippen molar-refractivity contribution in [2.45, 2.75) is 6.04 Å². The van der Waals surface area contributed by atoms with Gasteiger partial charge in [0.05, 0.1) is 11.1 Å². The SMILES string of the molecule is CNC(c1ccc(Cl)cc1)c1ccc(I)c(Cl)c1. The van der Waals surface area contributed by atoms with Gasteiger partial charge in [-0.25, -0.2) is 0 Å². The van der Waals surface area contributed by atoms with Gasteiger partial charge in [-0.3, -0.25) is 0 Å². The maximum Gasteiger partial charge on any atom is 0.0574 e. The van der Waals surface area contributed by atoms with Crippen molar-refractivity contribution >= 4 is 45.8 Å². The molecular weight excluding hydrogens is 380 g/mol. The highest BCUT2D eigenvalue weighted by Gasteiger charge is 2.12. The Morgan fingerprint density at radius 2 is 1.61 bits per heavy atom. The Morgan fingerprint density at radius 1 is 1.00 bits per heavy atom. The van der Waals surface area contributed by atoms with E-state index in [1.54, 1.807) is 0 Å². The van der Waals surface area contributed by atoms with Gasteiger partial charge in [-0.15, -0.1) is 0 Å². The van der Waals surface area contributed by atoms with Crippen LogP contribution in [0.5, 0.6) is 0 Å². The summed E-state index contributed by atoms with van der Waals surface area (Å²) in [5.74, 6) is 0. The lowest BCUT2D eigenvalue weighted by Crippen LogP contribution is -2.17. The first-order valence-corrected chi connectivity index (χ1v) is 7.33. The van der Waals surface area contributed by atoms with Crippen LogP contribution in [0.3, 0.4) is 0 Å². The highest BCUT2D eigenvalue weighted by atomic mass is 127. The second-order valence-electron chi connectivity index (χ2n) is 3.95. The Kier molecular flexibility index (Phi) is 4.90. The minimum absolute atomic E-state index is 0.122. The molecule has 0 aromatic heterocycles. The third kappa shape index (κ3) is 3.18. The molecule has 0 fully saturated rings. The normalized spacial score (nSPS) is 12.4. The van der Waals surface area contributed by atoms with Crippen LogP contribution in [-0.4, -0.2) is 7.05 Å². The van der Waals surface area contributed by atoms with Crippen LogP contribution in [0.1, 0.15) is 17.2 Å². The van der Waals surface area contributed by atoms with Gasteiger partial charge >= 0.3 is 0 Å². The van der Waals surface area contributed by atoms with E-state index >= 15 is 0 Å². The zero-order chi connectivity index (χ0) is 13.1. The van der Waals surface area contributed by atoms with Crippen molar-refractivity contribution in [1.82, 2.24) is 5.32 Å². The van der Waals surface area contributed by atoms with E-state index in [9.17, 15) is 0 Å². The maximum absolute atomic E-state index is 6.17. The van der Waals surface area contributed by atoms with Gasteiger partial charge in [0.2, 0.25) is 0 Å². The molecular formula is C14H12Cl2IN. The average molecular weight is 392 g/mol. The molecule has 4 heteroatoms. The molecule has 94 valence electrons. The fraction of sp³-hybridized carbons (Fsp3) is 0.143. The summed E-state index contributed by atoms with van der Waals surface area (Å²) in [5.41, 5.74) is 2.31. The molecule has 1 atom stereocenters. The molecule has 0 spiro atoms. The lowest BCUT2D eigenvalue weighted by molar-refractivity contribution is 0.692. The molecule has 0 aliphatic carbocycles. The molecule has 0 saturated carbocycles. The molecule has 0 bridgehead atoms. The molecule has 2 rings (SSSR count). The monoisotopic (exact) mass is 391 g/mol. The summed E-state index contributed by atoms with van der Waals surface area (Å²) in [6.07, 6.45) is 0. The van der Waals surface area contributed by atoms with Crippen LogP contribution < -0.4 is 5.32 Å². The van der Waals surface area contributed by atoms with Crippen LogP contribution >= 0.6 is 45.8 Å². The third-order valence-corrected chi connectivity index (χ3v) is 4.59. The van der Waals surface area contributed by atoms with Crippen molar-refractivity contribution in [3.63, 3.8) is 0 Å². The summed E-state index contributed by atoms with van der Waals surface area (Å²) >= 11 is 14.3. The Morgan fingerprint density at radius 3 is 2.17 bits per heavy atom. The first-order chi connectivity index (χ1) is 8.61. The van der Waals surface area contributed by atoms with Crippen LogP contribution in [0.2, 0.25) is 10.0 Å². The predicted molar refractivity (Wildman–Crippen MR) is 86.5 cm³/mol. The molecule has 0 amide bonds. The van der Waals surface area contributed by atoms with Gasteiger partial charge in [-0.1, -0.05) is 41.4 Å². The quantitative estimate of drug-likeness (QED) is 0.733. The molecule has 1 N–H and O–H groups in total. The number of halogens is 3. The van der Waals surface area contributed by atoms with E-state index in [0.29, 0.717) is 0 Å². The van der Waals surface area contributed by atoms with E-state index in [4.69, 9.17) is 23.2 Å². The van der Waals surface area contributed by atoms with Gasteiger partial charge in [0.1, 0.15) is 0 Å². The molecule has 0 radical (unpaired) electrons. The smallest absolute Gasteiger partial charge is 0.0574 e. The summed E-state index contributed by atoms with van der Waals surface area (Å²) in [5, 5.41) is 4.82. The maximum atomic E-state index is 6.17. The Bertz CT molecular complexity index is 540. The second kappa shape index (κ2) is 6.24. The lowest BCUT2D eigenvalue weighted by Gasteiger charge is -2.18. The summed E-state index contributed by atoms with van der Waals surface area (Å²) in [7, 11) is 1.94. The molecule has 2 aromatic rings. The van der Waals surface area contributed by atoms with Gasteiger partial charge in [-0.05, 0) is 65.0 Å². The Hall–Kier alpha value is -0.290. The van der Waals surface area contributed by atoms with Gasteiger partial charge < -0.3 is 5.32 Å². The summed E-state index contributed by atoms with van der Waals surface area (Å²) in [6.45, 7) is 0. The van der Waals surface area contributed by atoms with Crippen molar-refractivity contribution < 1.29 is 0 Å². The Balaban J connectivity index is 2.38. The minimum Gasteiger partial charge on any atom is -0.309 e. The van der Waals surface area contributed by atoms with Crippen LogP contribution in [0, 0.1) is 3.57 Å². The molecule has 0 aliphatic heterocycles. The standard InChI is InChI=1S/C14H12Cl2IN/c1-18-14(9-2-5-11(15)6-3-9)10-4-7-13(17)12(16)8-10/h2-8,14,18H,1H3. The molecule has 18 heavy (non-hydrogen) atoms. The van der Waals surface area contributed by atoms with Crippen LogP contribution in [0.15, 0.2) is 42.5 Å². The lowest BCUT2D eigenvalue weighted by atomic mass is 9.99. The van der Waals surface area contributed by atoms with Gasteiger partial charge in [0, 0.05) is 8.59 Å². The van der Waals surface area contributed by atoms with E-state index in [1.165, 1.54) is 5.56 Å². The zero-order valence-corrected chi connectivity index (χ0v) is 13.4. The fourth-order valence-electron chi connectivity index (χ4n) is 1.87. The minimum atomic E-state index is 0.122. The van der Waals surface area contributed by atoms with Crippen LogP contribution in [-0.2, 0) is 0 Å². The van der Waals surface area contributed by atoms with E-state index in [-0.39, 0.29) is 6.04 Å². The van der Waals surface area contributed by atoms with Gasteiger partial charge in [-0.2, -0.15) is 0 Å². The Labute approximate surface area is 131 Å². The zero-order valence-electron chi connectivity index (χ0n) is 9.75. The van der Waals surface area contributed by atoms with Crippen LogP contribution in [0.25, 0.3) is 0 Å². The molecule has 1 unspecified atom stereocenters. The van der Waals surface area contributed by atoms with E-state index in [2.05, 4.69) is 34.0 Å². The first kappa shape index (κ1) is 14.1. The van der Waals surface area contributed by atoms with Gasteiger partial charge in [0.25, 0.3) is 0 Å². The fourth-order valence-corrected chi connectivity index (χ4v) is 2.52. The number of benzene rings is 2. The predicted octanol–water partition coefficient (Wildman–Crippen LogP) is 4.91. The number of hydrogen-bond acceptors (Lipinski definition) is 1. The molecule has 0 heterocycles. The first-order valence-electron chi connectivity index (χ1n) is 5.49. The number of rotatable bonds is 3. The van der Waals surface area contributed by atoms with Crippen molar-refractivity contribution in [3.8, 4) is 0 Å². The van der Waals surface area contributed by atoms with E-state index in [0.717, 1.165) is 19.2 Å². The van der Waals surface area contributed by atoms with Crippen LogP contribution in [0.4, 0.5) is 0 Å². The third-order valence-electron chi connectivity index (χ3n) is 2.77. The second-order valence-corrected chi connectivity index (χ2v) is 5.95. The highest BCUT2D eigenvalue weighted by Crippen LogP contribution is 2.27. The topological polar surface area (TPSA) is 12.0 Å². The summed E-state index contributed by atoms with van der Waals surface area (Å²) in [6, 6.07) is 14.1. The van der Waals surface area contributed by atoms with Gasteiger partial charge in [0.15, 0.2) is 0 Å². The average Bonchev–Trinajstić information content (AvgIpc) is 2.37. The summed E-state index contributed by atoms with van der Waals surface area (Å²) < 4.78 is 1.06. The molecule has 1 nitrogen and oxygen atoms in total. The van der Waals surface area contributed by atoms with Crippen molar-refractivity contribution in [3.05, 3.63) is 67.2 Å².